The lowest BCUT2D eigenvalue weighted by Crippen LogP contribution is -2.62. The van der Waals surface area contributed by atoms with E-state index in [1.807, 2.05) is 0 Å². The van der Waals surface area contributed by atoms with Crippen LogP contribution in [0.4, 0.5) is 0 Å². The van der Waals surface area contributed by atoms with Crippen LogP contribution < -0.4 is 0 Å². The molecule has 0 aromatic heterocycles. The standard InChI is InChI=1S/C18H34N2O4S/c1-6-15(24-5)11-19-13-18(14-19)7-9-20(10-8-18)16(21)12-25(22,23)17(2,3)4/h15H,6-14H2,1-5H3. The van der Waals surface area contributed by atoms with Gasteiger partial charge < -0.3 is 9.64 Å². The molecule has 2 fully saturated rings. The molecule has 1 spiro atoms. The fourth-order valence-electron chi connectivity index (χ4n) is 3.71. The predicted octanol–water partition coefficient (Wildman–Crippen LogP) is 1.55. The summed E-state index contributed by atoms with van der Waals surface area (Å²) in [7, 11) is -1.64. The number of methoxy groups -OCH3 is 1. The monoisotopic (exact) mass is 374 g/mol. The molecule has 2 aliphatic rings. The van der Waals surface area contributed by atoms with E-state index in [9.17, 15) is 13.2 Å². The van der Waals surface area contributed by atoms with Crippen molar-refractivity contribution in [1.82, 2.24) is 9.80 Å². The van der Waals surface area contributed by atoms with Gasteiger partial charge in [-0.15, -0.1) is 0 Å². The third-order valence-corrected chi connectivity index (χ3v) is 8.28. The number of likely N-dealkylation sites (tertiary alicyclic amines) is 2. The van der Waals surface area contributed by atoms with Crippen molar-refractivity contribution in [3.05, 3.63) is 0 Å². The van der Waals surface area contributed by atoms with Gasteiger partial charge in [0, 0.05) is 39.8 Å². The van der Waals surface area contributed by atoms with Crippen LogP contribution in [0.5, 0.6) is 0 Å². The number of sulfone groups is 1. The number of rotatable bonds is 6. The summed E-state index contributed by atoms with van der Waals surface area (Å²) in [6.07, 6.45) is 3.25. The van der Waals surface area contributed by atoms with E-state index in [0.29, 0.717) is 24.6 Å². The van der Waals surface area contributed by atoms with Crippen molar-refractivity contribution in [3.8, 4) is 0 Å². The van der Waals surface area contributed by atoms with Crippen molar-refractivity contribution in [3.63, 3.8) is 0 Å². The summed E-state index contributed by atoms with van der Waals surface area (Å²) in [6, 6.07) is 0. The van der Waals surface area contributed by atoms with Crippen molar-refractivity contribution in [1.29, 1.82) is 0 Å². The second kappa shape index (κ2) is 7.53. The molecule has 6 nitrogen and oxygen atoms in total. The van der Waals surface area contributed by atoms with Gasteiger partial charge in [0.05, 0.1) is 10.9 Å². The maximum Gasteiger partial charge on any atom is 0.237 e. The van der Waals surface area contributed by atoms with Crippen molar-refractivity contribution in [2.24, 2.45) is 5.41 Å². The molecule has 2 rings (SSSR count). The molecule has 0 saturated carbocycles. The summed E-state index contributed by atoms with van der Waals surface area (Å²) in [5, 5.41) is 0. The third-order valence-electron chi connectivity index (χ3n) is 5.79. The summed E-state index contributed by atoms with van der Waals surface area (Å²) in [6.45, 7) is 11.5. The van der Waals surface area contributed by atoms with Crippen LogP contribution in [0.1, 0.15) is 47.0 Å². The Labute approximate surface area is 152 Å². The lowest BCUT2D eigenvalue weighted by Gasteiger charge is -2.54. The van der Waals surface area contributed by atoms with Gasteiger partial charge in [-0.3, -0.25) is 9.69 Å². The fraction of sp³-hybridized carbons (Fsp3) is 0.944. The third kappa shape index (κ3) is 4.74. The molecule has 1 amide bonds. The average Bonchev–Trinajstić information content (AvgIpc) is 2.49. The molecule has 25 heavy (non-hydrogen) atoms. The highest BCUT2D eigenvalue weighted by atomic mass is 32.2. The molecule has 0 radical (unpaired) electrons. The molecule has 0 aromatic carbocycles. The van der Waals surface area contributed by atoms with Crippen LogP contribution in [0.15, 0.2) is 0 Å². The highest BCUT2D eigenvalue weighted by molar-refractivity contribution is 7.93. The van der Waals surface area contributed by atoms with E-state index in [1.165, 1.54) is 0 Å². The van der Waals surface area contributed by atoms with Crippen LogP contribution in [0.25, 0.3) is 0 Å². The molecule has 0 aromatic rings. The number of piperidine rings is 1. The first-order valence-corrected chi connectivity index (χ1v) is 10.9. The summed E-state index contributed by atoms with van der Waals surface area (Å²) < 4.78 is 29.0. The number of ether oxygens (including phenoxy) is 1. The predicted molar refractivity (Wildman–Crippen MR) is 99.3 cm³/mol. The minimum Gasteiger partial charge on any atom is -0.380 e. The number of carbonyl (C=O) groups is 1. The van der Waals surface area contributed by atoms with Gasteiger partial charge in [-0.05, 0) is 45.4 Å². The molecule has 2 saturated heterocycles. The summed E-state index contributed by atoms with van der Waals surface area (Å²) in [5.74, 6) is -0.617. The molecule has 7 heteroatoms. The van der Waals surface area contributed by atoms with E-state index in [4.69, 9.17) is 4.74 Å². The van der Waals surface area contributed by atoms with Gasteiger partial charge in [0.15, 0.2) is 9.84 Å². The minimum absolute atomic E-state index is 0.244. The summed E-state index contributed by atoms with van der Waals surface area (Å²) in [5.41, 5.74) is 0.311. The Bertz CT molecular complexity index is 562. The maximum absolute atomic E-state index is 12.4. The molecule has 0 N–H and O–H groups in total. The second-order valence-corrected chi connectivity index (χ2v) is 11.4. The number of amides is 1. The van der Waals surface area contributed by atoms with Gasteiger partial charge in [-0.25, -0.2) is 8.42 Å². The van der Waals surface area contributed by atoms with Crippen molar-refractivity contribution in [2.45, 2.75) is 57.8 Å². The van der Waals surface area contributed by atoms with Crippen LogP contribution in [0.3, 0.4) is 0 Å². The summed E-state index contributed by atoms with van der Waals surface area (Å²) in [4.78, 5) is 16.6. The van der Waals surface area contributed by atoms with Gasteiger partial charge in [0.1, 0.15) is 5.75 Å². The largest absolute Gasteiger partial charge is 0.380 e. The zero-order chi connectivity index (χ0) is 18.9. The van der Waals surface area contributed by atoms with Crippen molar-refractivity contribution in [2.75, 3.05) is 45.6 Å². The van der Waals surface area contributed by atoms with Gasteiger partial charge in [-0.2, -0.15) is 0 Å². The van der Waals surface area contributed by atoms with E-state index in [2.05, 4.69) is 11.8 Å². The lowest BCUT2D eigenvalue weighted by molar-refractivity contribution is -0.134. The van der Waals surface area contributed by atoms with Crippen LogP contribution in [-0.2, 0) is 19.4 Å². The van der Waals surface area contributed by atoms with Gasteiger partial charge in [-0.1, -0.05) is 6.92 Å². The van der Waals surface area contributed by atoms with Crippen LogP contribution >= 0.6 is 0 Å². The maximum atomic E-state index is 12.4. The van der Waals surface area contributed by atoms with Crippen LogP contribution in [0, 0.1) is 5.41 Å². The van der Waals surface area contributed by atoms with Crippen LogP contribution in [0.2, 0.25) is 0 Å². The van der Waals surface area contributed by atoms with Crippen molar-refractivity contribution < 1.29 is 17.9 Å². The van der Waals surface area contributed by atoms with Crippen LogP contribution in [-0.4, -0.2) is 80.6 Å². The first-order valence-electron chi connectivity index (χ1n) is 9.27. The Hall–Kier alpha value is -0.660. The fourth-order valence-corrected chi connectivity index (χ4v) is 4.65. The Morgan fingerprint density at radius 1 is 1.20 bits per heavy atom. The smallest absolute Gasteiger partial charge is 0.237 e. The van der Waals surface area contributed by atoms with Crippen molar-refractivity contribution >= 4 is 15.7 Å². The zero-order valence-electron chi connectivity index (χ0n) is 16.4. The second-order valence-electron chi connectivity index (χ2n) is 8.69. The SMILES string of the molecule is CCC(CN1CC2(CCN(C(=O)CS(=O)(=O)C(C)(C)C)CC2)C1)OC. The normalized spacial score (nSPS) is 22.7. The first-order chi connectivity index (χ1) is 11.5. The van der Waals surface area contributed by atoms with E-state index in [0.717, 1.165) is 38.9 Å². The Kier molecular flexibility index (Phi) is 6.22. The quantitative estimate of drug-likeness (QED) is 0.706. The Morgan fingerprint density at radius 3 is 2.20 bits per heavy atom. The topological polar surface area (TPSA) is 66.9 Å². The number of hydrogen-bond donors (Lipinski definition) is 0. The molecular weight excluding hydrogens is 340 g/mol. The Morgan fingerprint density at radius 2 is 1.76 bits per heavy atom. The number of hydrogen-bond acceptors (Lipinski definition) is 5. The molecule has 0 aliphatic carbocycles. The molecule has 0 bridgehead atoms. The van der Waals surface area contributed by atoms with E-state index < -0.39 is 14.6 Å². The molecule has 1 unspecified atom stereocenters. The highest BCUT2D eigenvalue weighted by Gasteiger charge is 2.46. The van der Waals surface area contributed by atoms with Gasteiger partial charge in [0.2, 0.25) is 5.91 Å². The number of nitrogens with zero attached hydrogens (tertiary/aromatic N) is 2. The highest BCUT2D eigenvalue weighted by Crippen LogP contribution is 2.40. The van der Waals surface area contributed by atoms with Gasteiger partial charge >= 0.3 is 0 Å². The average molecular weight is 375 g/mol. The number of carbonyl (C=O) groups excluding carboxylic acids is 1. The Balaban J connectivity index is 1.80. The molecule has 1 atom stereocenters. The molecule has 2 aliphatic heterocycles. The molecule has 2 heterocycles. The van der Waals surface area contributed by atoms with E-state index in [-0.39, 0.29) is 11.7 Å². The van der Waals surface area contributed by atoms with Gasteiger partial charge in [0.25, 0.3) is 0 Å². The molecule has 146 valence electrons. The minimum atomic E-state index is -3.41. The van der Waals surface area contributed by atoms with E-state index >= 15 is 0 Å². The lowest BCUT2D eigenvalue weighted by atomic mass is 9.72. The summed E-state index contributed by atoms with van der Waals surface area (Å²) >= 11 is 0. The zero-order valence-corrected chi connectivity index (χ0v) is 17.2. The molecular formula is C18H34N2O4S. The first kappa shape index (κ1) is 20.6. The van der Waals surface area contributed by atoms with E-state index in [1.54, 1.807) is 32.8 Å².